The molecule has 0 radical (unpaired) electrons. The molecule has 1 saturated heterocycles. The fourth-order valence-electron chi connectivity index (χ4n) is 2.78. The zero-order valence-corrected chi connectivity index (χ0v) is 13.8. The number of rotatable bonds is 2. The van der Waals surface area contributed by atoms with E-state index in [-0.39, 0.29) is 5.91 Å². The molecule has 3 heterocycles. The maximum absolute atomic E-state index is 12.5. The highest BCUT2D eigenvalue weighted by Crippen LogP contribution is 2.17. The molecule has 0 spiro atoms. The molecule has 2 aromatic rings. The Bertz CT molecular complexity index is 636. The summed E-state index contributed by atoms with van der Waals surface area (Å²) in [5, 5.41) is 3.87. The van der Waals surface area contributed by atoms with Crippen molar-refractivity contribution < 1.29 is 4.79 Å². The van der Waals surface area contributed by atoms with Crippen molar-refractivity contribution in [3.8, 4) is 0 Å². The van der Waals surface area contributed by atoms with Gasteiger partial charge in [0.25, 0.3) is 5.91 Å². The number of nitrogens with zero attached hydrogens (tertiary/aromatic N) is 4. The molecule has 2 aromatic heterocycles. The zero-order valence-electron chi connectivity index (χ0n) is 13.0. The fourth-order valence-corrected chi connectivity index (χ4v) is 3.41. The minimum Gasteiger partial charge on any atom is -0.355 e. The number of aryl methyl sites for hydroxylation is 2. The highest BCUT2D eigenvalue weighted by atomic mass is 32.1. The first-order valence-electron chi connectivity index (χ1n) is 7.52. The lowest BCUT2D eigenvalue weighted by atomic mass is 10.3. The summed E-state index contributed by atoms with van der Waals surface area (Å²) in [4.78, 5) is 25.5. The molecule has 22 heavy (non-hydrogen) atoms. The summed E-state index contributed by atoms with van der Waals surface area (Å²) in [6, 6.07) is 3.91. The maximum atomic E-state index is 12.5. The molecule has 5 nitrogen and oxygen atoms in total. The minimum absolute atomic E-state index is 0.137. The number of aromatic nitrogens is 2. The van der Waals surface area contributed by atoms with Crippen LogP contribution in [-0.4, -0.2) is 47.0 Å². The van der Waals surface area contributed by atoms with Gasteiger partial charge in [-0.2, -0.15) is 11.3 Å². The van der Waals surface area contributed by atoms with Gasteiger partial charge in [0.1, 0.15) is 11.6 Å². The number of hydrogen-bond acceptors (Lipinski definition) is 5. The summed E-state index contributed by atoms with van der Waals surface area (Å²) >= 11 is 1.56. The Morgan fingerprint density at radius 3 is 2.77 bits per heavy atom. The first-order chi connectivity index (χ1) is 10.6. The Morgan fingerprint density at radius 1 is 1.18 bits per heavy atom. The van der Waals surface area contributed by atoms with Crippen molar-refractivity contribution in [1.82, 2.24) is 14.9 Å². The van der Waals surface area contributed by atoms with Gasteiger partial charge < -0.3 is 9.80 Å². The van der Waals surface area contributed by atoms with Gasteiger partial charge in [0.05, 0.1) is 5.56 Å². The second-order valence-corrected chi connectivity index (χ2v) is 6.34. The van der Waals surface area contributed by atoms with Crippen LogP contribution in [0, 0.1) is 13.8 Å². The quantitative estimate of drug-likeness (QED) is 0.854. The van der Waals surface area contributed by atoms with Crippen LogP contribution in [0.4, 0.5) is 5.82 Å². The molecule has 0 unspecified atom stereocenters. The van der Waals surface area contributed by atoms with Crippen molar-refractivity contribution in [1.29, 1.82) is 0 Å². The standard InChI is InChI=1S/C16H20N4OS/c1-12-10-15(18-13(2)17-12)19-5-3-6-20(8-7-19)16(21)14-4-9-22-11-14/h4,9-11H,3,5-8H2,1-2H3. The summed E-state index contributed by atoms with van der Waals surface area (Å²) in [5.41, 5.74) is 1.78. The maximum Gasteiger partial charge on any atom is 0.254 e. The highest BCUT2D eigenvalue weighted by Gasteiger charge is 2.21. The van der Waals surface area contributed by atoms with E-state index in [1.165, 1.54) is 0 Å². The van der Waals surface area contributed by atoms with Gasteiger partial charge in [0.2, 0.25) is 0 Å². The third-order valence-electron chi connectivity index (χ3n) is 3.83. The number of carbonyl (C=O) groups excluding carboxylic acids is 1. The molecule has 3 rings (SSSR count). The van der Waals surface area contributed by atoms with Gasteiger partial charge in [0.15, 0.2) is 0 Å². The molecule has 0 bridgehead atoms. The zero-order chi connectivity index (χ0) is 15.5. The predicted octanol–water partition coefficient (Wildman–Crippen LogP) is 2.51. The molecule has 0 aromatic carbocycles. The van der Waals surface area contributed by atoms with Gasteiger partial charge in [-0.3, -0.25) is 4.79 Å². The number of anilines is 1. The molecule has 116 valence electrons. The number of thiophene rings is 1. The Morgan fingerprint density at radius 2 is 2.05 bits per heavy atom. The van der Waals surface area contributed by atoms with Crippen LogP contribution in [0.5, 0.6) is 0 Å². The van der Waals surface area contributed by atoms with Crippen molar-refractivity contribution >= 4 is 23.1 Å². The van der Waals surface area contributed by atoms with Crippen LogP contribution in [0.2, 0.25) is 0 Å². The molecule has 1 amide bonds. The van der Waals surface area contributed by atoms with Gasteiger partial charge >= 0.3 is 0 Å². The van der Waals surface area contributed by atoms with Gasteiger partial charge in [-0.15, -0.1) is 0 Å². The molecule has 0 aliphatic carbocycles. The summed E-state index contributed by atoms with van der Waals surface area (Å²) in [7, 11) is 0. The SMILES string of the molecule is Cc1cc(N2CCCN(C(=O)c3ccsc3)CC2)nc(C)n1. The van der Waals surface area contributed by atoms with Crippen LogP contribution in [-0.2, 0) is 0 Å². The van der Waals surface area contributed by atoms with Crippen LogP contribution in [0.25, 0.3) is 0 Å². The second kappa shape index (κ2) is 6.44. The lowest BCUT2D eigenvalue weighted by Crippen LogP contribution is -2.35. The average molecular weight is 316 g/mol. The predicted molar refractivity (Wildman–Crippen MR) is 88.6 cm³/mol. The van der Waals surface area contributed by atoms with E-state index in [1.54, 1.807) is 11.3 Å². The molecule has 0 atom stereocenters. The van der Waals surface area contributed by atoms with Crippen molar-refractivity contribution in [2.75, 3.05) is 31.1 Å². The van der Waals surface area contributed by atoms with E-state index in [1.807, 2.05) is 41.6 Å². The van der Waals surface area contributed by atoms with E-state index in [2.05, 4.69) is 14.9 Å². The highest BCUT2D eigenvalue weighted by molar-refractivity contribution is 7.08. The Kier molecular flexibility index (Phi) is 4.38. The molecule has 1 aliphatic heterocycles. The summed E-state index contributed by atoms with van der Waals surface area (Å²) < 4.78 is 0. The Hall–Kier alpha value is -1.95. The van der Waals surface area contributed by atoms with Crippen molar-refractivity contribution in [2.45, 2.75) is 20.3 Å². The minimum atomic E-state index is 0.137. The van der Waals surface area contributed by atoms with Gasteiger partial charge in [-0.25, -0.2) is 9.97 Å². The van der Waals surface area contributed by atoms with Crippen molar-refractivity contribution in [3.05, 3.63) is 40.0 Å². The first kappa shape index (κ1) is 15.0. The van der Waals surface area contributed by atoms with E-state index in [0.29, 0.717) is 0 Å². The Labute approximate surface area is 134 Å². The normalized spacial score (nSPS) is 15.7. The number of amides is 1. The van der Waals surface area contributed by atoms with Gasteiger partial charge in [0, 0.05) is 43.3 Å². The van der Waals surface area contributed by atoms with Gasteiger partial charge in [-0.05, 0) is 31.7 Å². The molecule has 1 aliphatic rings. The largest absolute Gasteiger partial charge is 0.355 e. The lowest BCUT2D eigenvalue weighted by molar-refractivity contribution is 0.0767. The second-order valence-electron chi connectivity index (χ2n) is 5.56. The van der Waals surface area contributed by atoms with E-state index < -0.39 is 0 Å². The van der Waals surface area contributed by atoms with Crippen LogP contribution in [0.15, 0.2) is 22.9 Å². The number of carbonyl (C=O) groups is 1. The van der Waals surface area contributed by atoms with Crippen LogP contribution in [0.3, 0.4) is 0 Å². The third-order valence-corrected chi connectivity index (χ3v) is 4.51. The van der Waals surface area contributed by atoms with E-state index in [4.69, 9.17) is 0 Å². The van der Waals surface area contributed by atoms with Crippen LogP contribution in [0.1, 0.15) is 28.3 Å². The average Bonchev–Trinajstić information content (AvgIpc) is 2.90. The Balaban J connectivity index is 1.71. The summed E-state index contributed by atoms with van der Waals surface area (Å²) in [6.07, 6.45) is 0.956. The molecule has 0 N–H and O–H groups in total. The molecule has 0 saturated carbocycles. The summed E-state index contributed by atoms with van der Waals surface area (Å²) in [6.45, 7) is 7.17. The van der Waals surface area contributed by atoms with Gasteiger partial charge in [-0.1, -0.05) is 0 Å². The smallest absolute Gasteiger partial charge is 0.254 e. The van der Waals surface area contributed by atoms with Crippen LogP contribution >= 0.6 is 11.3 Å². The first-order valence-corrected chi connectivity index (χ1v) is 8.46. The van der Waals surface area contributed by atoms with Crippen molar-refractivity contribution in [3.63, 3.8) is 0 Å². The topological polar surface area (TPSA) is 49.3 Å². The van der Waals surface area contributed by atoms with E-state index in [0.717, 1.165) is 55.5 Å². The molecular formula is C16H20N4OS. The summed E-state index contributed by atoms with van der Waals surface area (Å²) in [5.74, 6) is 1.90. The number of hydrogen-bond donors (Lipinski definition) is 0. The monoisotopic (exact) mass is 316 g/mol. The lowest BCUT2D eigenvalue weighted by Gasteiger charge is -2.23. The van der Waals surface area contributed by atoms with E-state index in [9.17, 15) is 4.79 Å². The van der Waals surface area contributed by atoms with Crippen LogP contribution < -0.4 is 4.90 Å². The molecule has 1 fully saturated rings. The molecule has 6 heteroatoms. The van der Waals surface area contributed by atoms with E-state index >= 15 is 0 Å². The van der Waals surface area contributed by atoms with Crippen molar-refractivity contribution in [2.24, 2.45) is 0 Å². The third kappa shape index (κ3) is 3.27. The molecular weight excluding hydrogens is 296 g/mol. The fraction of sp³-hybridized carbons (Fsp3) is 0.438.